The van der Waals surface area contributed by atoms with Crippen molar-refractivity contribution in [2.45, 2.75) is 88.9 Å². The van der Waals surface area contributed by atoms with Crippen LogP contribution in [0.4, 0.5) is 10.5 Å². The molecule has 2 aliphatic heterocycles. The van der Waals surface area contributed by atoms with Crippen LogP contribution >= 0.6 is 11.6 Å². The SMILES string of the molecule is CCCc1cc(Cl)ccc1C1COc2ccc3cc2N(CCC(CC)C(OC(=O)N(C)C)/C=C/C(C)OC(C)(C)C(=O)NS3=O)C1. The molecule has 0 aromatic heterocycles. The van der Waals surface area contributed by atoms with Gasteiger partial charge in [-0.15, -0.1) is 0 Å². The van der Waals surface area contributed by atoms with E-state index in [9.17, 15) is 13.8 Å². The standard InChI is InChI=1S/C35H48ClN3O6S/c1-8-10-25-19-27(36)12-14-29(25)26-21-39-18-17-24(9-2)31(44-34(41)38(6)7)15-11-23(3)45-35(4,5)33(40)37-46(42)28-13-16-32(43-22-26)30(39)20-28/h11-16,19-20,23-24,26,31H,8-10,17-18,21-22H2,1-7H3,(H,37,40)/b15-11+. The normalized spacial score (nSPS) is 25.9. The first-order valence-corrected chi connectivity index (χ1v) is 17.6. The number of fused-ring (bicyclic) bond motifs is 1. The molecule has 9 nitrogen and oxygen atoms in total. The molecule has 2 aromatic rings. The molecule has 0 radical (unpaired) electrons. The van der Waals surface area contributed by atoms with Crippen molar-refractivity contribution < 1.29 is 28.0 Å². The van der Waals surface area contributed by atoms with Gasteiger partial charge in [-0.1, -0.05) is 44.0 Å². The molecule has 0 spiro atoms. The van der Waals surface area contributed by atoms with E-state index < -0.39 is 40.8 Å². The van der Waals surface area contributed by atoms with E-state index in [1.807, 2.05) is 43.3 Å². The van der Waals surface area contributed by atoms with Gasteiger partial charge in [-0.3, -0.25) is 9.52 Å². The van der Waals surface area contributed by atoms with Crippen LogP contribution in [0.25, 0.3) is 0 Å². The number of benzene rings is 2. The predicted octanol–water partition coefficient (Wildman–Crippen LogP) is 6.65. The van der Waals surface area contributed by atoms with Crippen LogP contribution in [0.15, 0.2) is 53.4 Å². The minimum Gasteiger partial charge on any atom is -0.491 e. The Morgan fingerprint density at radius 1 is 1.17 bits per heavy atom. The fraction of sp³-hybridized carbons (Fsp3) is 0.543. The topological polar surface area (TPSA) is 97.4 Å². The van der Waals surface area contributed by atoms with E-state index in [2.05, 4.69) is 29.5 Å². The molecular weight excluding hydrogens is 626 g/mol. The number of hydrogen-bond acceptors (Lipinski definition) is 7. The van der Waals surface area contributed by atoms with E-state index in [4.69, 9.17) is 25.8 Å². The highest BCUT2D eigenvalue weighted by molar-refractivity contribution is 7.83. The molecule has 2 aliphatic rings. The Morgan fingerprint density at radius 3 is 2.63 bits per heavy atom. The molecule has 252 valence electrons. The van der Waals surface area contributed by atoms with Crippen LogP contribution in [0.5, 0.6) is 5.75 Å². The van der Waals surface area contributed by atoms with E-state index in [1.165, 1.54) is 16.0 Å². The first-order valence-electron chi connectivity index (χ1n) is 16.1. The molecule has 2 bridgehead atoms. The fourth-order valence-corrected chi connectivity index (χ4v) is 7.11. The van der Waals surface area contributed by atoms with Crippen molar-refractivity contribution in [3.05, 3.63) is 64.7 Å². The largest absolute Gasteiger partial charge is 0.491 e. The molecule has 1 N–H and O–H groups in total. The molecule has 4 rings (SSSR count). The van der Waals surface area contributed by atoms with Crippen molar-refractivity contribution in [2.75, 3.05) is 38.7 Å². The first kappa shape index (κ1) is 35.8. The number of carbonyl (C=O) groups is 2. The number of hydrogen-bond donors (Lipinski definition) is 1. The first-order chi connectivity index (χ1) is 21.8. The number of nitrogens with zero attached hydrogens (tertiary/aromatic N) is 2. The van der Waals surface area contributed by atoms with Crippen LogP contribution in [0.2, 0.25) is 5.02 Å². The van der Waals surface area contributed by atoms with Crippen molar-refractivity contribution in [1.82, 2.24) is 9.62 Å². The zero-order valence-electron chi connectivity index (χ0n) is 28.0. The third-order valence-electron chi connectivity index (χ3n) is 8.58. The average Bonchev–Trinajstić information content (AvgIpc) is 3.18. The third kappa shape index (κ3) is 8.83. The monoisotopic (exact) mass is 673 g/mol. The van der Waals surface area contributed by atoms with Gasteiger partial charge in [-0.25, -0.2) is 9.00 Å². The molecule has 0 aliphatic carbocycles. The Hall–Kier alpha value is -3.08. The van der Waals surface area contributed by atoms with E-state index in [-0.39, 0.29) is 11.8 Å². The van der Waals surface area contributed by atoms with E-state index in [0.29, 0.717) is 41.8 Å². The van der Waals surface area contributed by atoms with Crippen LogP contribution in [-0.4, -0.2) is 72.7 Å². The highest BCUT2D eigenvalue weighted by Crippen LogP contribution is 2.38. The van der Waals surface area contributed by atoms with Gasteiger partial charge in [-0.05, 0) is 87.6 Å². The van der Waals surface area contributed by atoms with Gasteiger partial charge in [0.05, 0.1) is 23.3 Å². The molecule has 2 heterocycles. The van der Waals surface area contributed by atoms with Gasteiger partial charge in [0.1, 0.15) is 17.5 Å². The van der Waals surface area contributed by atoms with E-state index in [0.717, 1.165) is 24.9 Å². The molecular formula is C35H48ClN3O6S. The van der Waals surface area contributed by atoms with Gasteiger partial charge in [0.25, 0.3) is 5.91 Å². The van der Waals surface area contributed by atoms with Crippen molar-refractivity contribution in [2.24, 2.45) is 5.92 Å². The second kappa shape index (κ2) is 15.7. The maximum Gasteiger partial charge on any atom is 0.409 e. The van der Waals surface area contributed by atoms with Crippen LogP contribution in [-0.2, 0) is 31.7 Å². The summed E-state index contributed by atoms with van der Waals surface area (Å²) in [7, 11) is 1.50. The van der Waals surface area contributed by atoms with Gasteiger partial charge in [0.15, 0.2) is 11.0 Å². The molecule has 5 atom stereocenters. The second-order valence-electron chi connectivity index (χ2n) is 12.8. The molecule has 11 heteroatoms. The van der Waals surface area contributed by atoms with Crippen molar-refractivity contribution in [3.8, 4) is 5.75 Å². The lowest BCUT2D eigenvalue weighted by Gasteiger charge is -2.32. The number of nitrogens with one attached hydrogen (secondary N) is 1. The lowest BCUT2D eigenvalue weighted by atomic mass is 9.91. The Morgan fingerprint density at radius 2 is 1.93 bits per heavy atom. The summed E-state index contributed by atoms with van der Waals surface area (Å²) in [5, 5.41) is 0.712. The summed E-state index contributed by atoms with van der Waals surface area (Å²) in [5.41, 5.74) is 1.93. The lowest BCUT2D eigenvalue weighted by molar-refractivity contribution is -0.143. The molecule has 0 saturated carbocycles. The highest BCUT2D eigenvalue weighted by Gasteiger charge is 2.33. The van der Waals surface area contributed by atoms with Crippen LogP contribution in [0.1, 0.15) is 70.9 Å². The molecule has 0 fully saturated rings. The summed E-state index contributed by atoms with van der Waals surface area (Å²) < 4.78 is 34.6. The molecule has 2 amide bonds. The molecule has 5 unspecified atom stereocenters. The number of aryl methyl sites for hydroxylation is 1. The van der Waals surface area contributed by atoms with Crippen LogP contribution < -0.4 is 14.4 Å². The van der Waals surface area contributed by atoms with Crippen molar-refractivity contribution >= 4 is 40.3 Å². The van der Waals surface area contributed by atoms with Gasteiger partial charge >= 0.3 is 6.09 Å². The number of rotatable bonds is 5. The van der Waals surface area contributed by atoms with Gasteiger partial charge in [0.2, 0.25) is 0 Å². The number of carbonyl (C=O) groups excluding carboxylic acids is 2. The van der Waals surface area contributed by atoms with E-state index in [1.54, 1.807) is 34.0 Å². The Bertz CT molecular complexity index is 1450. The Kier molecular flexibility index (Phi) is 12.2. The maximum absolute atomic E-state index is 13.5. The van der Waals surface area contributed by atoms with Gasteiger partial charge in [-0.2, -0.15) is 0 Å². The number of halogens is 1. The number of ether oxygens (including phenoxy) is 3. The molecule has 2 aromatic carbocycles. The lowest BCUT2D eigenvalue weighted by Crippen LogP contribution is -2.46. The highest BCUT2D eigenvalue weighted by atomic mass is 35.5. The number of anilines is 1. The van der Waals surface area contributed by atoms with Crippen molar-refractivity contribution in [1.29, 1.82) is 0 Å². The van der Waals surface area contributed by atoms with E-state index >= 15 is 0 Å². The summed E-state index contributed by atoms with van der Waals surface area (Å²) >= 11 is 6.41. The molecule has 46 heavy (non-hydrogen) atoms. The van der Waals surface area contributed by atoms with Crippen LogP contribution in [0.3, 0.4) is 0 Å². The summed E-state index contributed by atoms with van der Waals surface area (Å²) in [5.74, 6) is 0.218. The number of amides is 2. The predicted molar refractivity (Wildman–Crippen MR) is 183 cm³/mol. The zero-order valence-corrected chi connectivity index (χ0v) is 29.6. The zero-order chi connectivity index (χ0) is 33.6. The quantitative estimate of drug-likeness (QED) is 0.355. The van der Waals surface area contributed by atoms with Crippen LogP contribution in [0, 0.1) is 5.92 Å². The Labute approximate surface area is 281 Å². The average molecular weight is 674 g/mol. The molecule has 0 saturated heterocycles. The summed E-state index contributed by atoms with van der Waals surface area (Å²) in [4.78, 5) is 30.2. The van der Waals surface area contributed by atoms with Crippen molar-refractivity contribution in [3.63, 3.8) is 0 Å². The smallest absolute Gasteiger partial charge is 0.409 e. The maximum atomic E-state index is 13.5. The van der Waals surface area contributed by atoms with Gasteiger partial charge in [0, 0.05) is 44.0 Å². The minimum atomic E-state index is -1.82. The minimum absolute atomic E-state index is 0.00821. The summed E-state index contributed by atoms with van der Waals surface area (Å²) in [6, 6.07) is 11.5. The third-order valence-corrected chi connectivity index (χ3v) is 9.86. The summed E-state index contributed by atoms with van der Waals surface area (Å²) in [6.07, 6.45) is 5.64. The Balaban J connectivity index is 1.78. The second-order valence-corrected chi connectivity index (χ2v) is 14.4. The summed E-state index contributed by atoms with van der Waals surface area (Å²) in [6.45, 7) is 11.1. The fourth-order valence-electron chi connectivity index (χ4n) is 5.97. The van der Waals surface area contributed by atoms with Gasteiger partial charge < -0.3 is 24.0 Å².